The van der Waals surface area contributed by atoms with Crippen molar-refractivity contribution in [2.75, 3.05) is 6.73 Å². The third-order valence-corrected chi connectivity index (χ3v) is 0.842. The van der Waals surface area contributed by atoms with Gasteiger partial charge in [-0.3, -0.25) is 0 Å². The predicted octanol–water partition coefficient (Wildman–Crippen LogP) is 0.177. The quantitative estimate of drug-likeness (QED) is 0.457. The van der Waals surface area contributed by atoms with Crippen LogP contribution in [0.1, 0.15) is 0 Å². The minimum absolute atomic E-state index is 0.462. The van der Waals surface area contributed by atoms with Crippen LogP contribution in [0.25, 0.3) is 0 Å². The second kappa shape index (κ2) is 1.88. The van der Waals surface area contributed by atoms with Crippen molar-refractivity contribution in [1.29, 1.82) is 0 Å². The van der Waals surface area contributed by atoms with Crippen LogP contribution in [0.4, 0.5) is 0 Å². The minimum atomic E-state index is 0.462. The molecule has 0 spiro atoms. The Hall–Kier alpha value is -0.640. The number of thiocarbonyl (C=S) groups is 1. The molecule has 0 unspecified atom stereocenters. The maximum absolute atomic E-state index is 4.68. The van der Waals surface area contributed by atoms with E-state index in [4.69, 9.17) is 0 Å². The van der Waals surface area contributed by atoms with Gasteiger partial charge >= 0.3 is 0 Å². The molecule has 0 bridgehead atoms. The van der Waals surface area contributed by atoms with Gasteiger partial charge in [-0.2, -0.15) is 0 Å². The SMILES string of the molecule is S=CN1COC=N1. The van der Waals surface area contributed by atoms with Crippen molar-refractivity contribution in [3.8, 4) is 0 Å². The molecule has 0 N–H and O–H groups in total. The van der Waals surface area contributed by atoms with Crippen LogP contribution in [0, 0.1) is 0 Å². The van der Waals surface area contributed by atoms with Crippen molar-refractivity contribution in [3.63, 3.8) is 0 Å². The van der Waals surface area contributed by atoms with Crippen molar-refractivity contribution >= 4 is 24.1 Å². The van der Waals surface area contributed by atoms with Crippen LogP contribution in [0.3, 0.4) is 0 Å². The number of nitrogens with zero attached hydrogens (tertiary/aromatic N) is 2. The predicted molar refractivity (Wildman–Crippen MR) is 29.9 cm³/mol. The molecule has 0 aromatic heterocycles. The molecule has 0 radical (unpaired) electrons. The highest BCUT2D eigenvalue weighted by molar-refractivity contribution is 7.78. The third kappa shape index (κ3) is 0.866. The van der Waals surface area contributed by atoms with E-state index in [9.17, 15) is 0 Å². The van der Waals surface area contributed by atoms with Gasteiger partial charge < -0.3 is 4.74 Å². The van der Waals surface area contributed by atoms with Gasteiger partial charge in [0.2, 0.25) is 0 Å². The maximum Gasteiger partial charge on any atom is 0.195 e. The molecule has 0 fully saturated rings. The standard InChI is InChI=1S/C3H4N2OS/c7-3-5-2-6-1-4-5/h1,3H,2H2. The Bertz CT molecular complexity index is 103. The van der Waals surface area contributed by atoms with Crippen LogP contribution in [-0.2, 0) is 4.74 Å². The lowest BCUT2D eigenvalue weighted by Crippen LogP contribution is -2.09. The first-order valence-electron chi connectivity index (χ1n) is 1.79. The van der Waals surface area contributed by atoms with Crippen molar-refractivity contribution < 1.29 is 4.74 Å². The molecule has 3 nitrogen and oxygen atoms in total. The molecule has 1 aliphatic heterocycles. The van der Waals surface area contributed by atoms with Crippen molar-refractivity contribution in [1.82, 2.24) is 5.01 Å². The van der Waals surface area contributed by atoms with E-state index in [-0.39, 0.29) is 0 Å². The van der Waals surface area contributed by atoms with E-state index in [1.54, 1.807) is 0 Å². The topological polar surface area (TPSA) is 24.8 Å². The van der Waals surface area contributed by atoms with Crippen molar-refractivity contribution in [2.45, 2.75) is 0 Å². The summed E-state index contributed by atoms with van der Waals surface area (Å²) in [7, 11) is 0. The molecular formula is C3H4N2OS. The molecule has 1 aliphatic rings. The van der Waals surface area contributed by atoms with Gasteiger partial charge in [0.1, 0.15) is 0 Å². The zero-order valence-corrected chi connectivity index (χ0v) is 4.39. The fraction of sp³-hybridized carbons (Fsp3) is 0.333. The van der Waals surface area contributed by atoms with Crippen LogP contribution < -0.4 is 0 Å². The number of ether oxygens (including phenoxy) is 1. The Morgan fingerprint density at radius 3 is 3.14 bits per heavy atom. The highest BCUT2D eigenvalue weighted by atomic mass is 32.1. The van der Waals surface area contributed by atoms with Crippen molar-refractivity contribution in [3.05, 3.63) is 0 Å². The normalized spacial score (nSPS) is 16.9. The maximum atomic E-state index is 4.68. The second-order valence-electron chi connectivity index (χ2n) is 1.06. The van der Waals surface area contributed by atoms with Gasteiger partial charge in [-0.1, -0.05) is 12.2 Å². The molecule has 0 atom stereocenters. The summed E-state index contributed by atoms with van der Waals surface area (Å²) in [5.41, 5.74) is 1.43. The van der Waals surface area contributed by atoms with Gasteiger partial charge in [0.25, 0.3) is 0 Å². The van der Waals surface area contributed by atoms with Crippen molar-refractivity contribution in [2.24, 2.45) is 5.10 Å². The van der Waals surface area contributed by atoms with Crippen LogP contribution >= 0.6 is 12.2 Å². The summed E-state index contributed by atoms with van der Waals surface area (Å²) in [4.78, 5) is 0. The van der Waals surface area contributed by atoms with E-state index >= 15 is 0 Å². The van der Waals surface area contributed by atoms with Gasteiger partial charge in [-0.05, 0) is 0 Å². The molecule has 1 heterocycles. The number of hydrazone groups is 1. The largest absolute Gasteiger partial charge is 0.459 e. The number of hydrogen-bond donors (Lipinski definition) is 0. The summed E-state index contributed by atoms with van der Waals surface area (Å²) in [6.45, 7) is 0.462. The molecule has 4 heteroatoms. The molecule has 7 heavy (non-hydrogen) atoms. The van der Waals surface area contributed by atoms with E-state index in [1.165, 1.54) is 16.9 Å². The highest BCUT2D eigenvalue weighted by Gasteiger charge is 1.98. The first-order valence-corrected chi connectivity index (χ1v) is 2.26. The number of hydrogen-bond acceptors (Lipinski definition) is 3. The molecule has 0 aromatic rings. The average molecular weight is 116 g/mol. The van der Waals surface area contributed by atoms with E-state index in [1.807, 2.05) is 0 Å². The van der Waals surface area contributed by atoms with E-state index in [2.05, 4.69) is 22.1 Å². The van der Waals surface area contributed by atoms with Gasteiger partial charge in [0.05, 0.1) is 5.49 Å². The third-order valence-electron chi connectivity index (χ3n) is 0.598. The molecule has 38 valence electrons. The summed E-state index contributed by atoms with van der Waals surface area (Å²) in [5, 5.41) is 5.20. The summed E-state index contributed by atoms with van der Waals surface area (Å²) < 4.78 is 4.68. The van der Waals surface area contributed by atoms with Gasteiger partial charge in [0.15, 0.2) is 13.1 Å². The molecule has 0 amide bonds. The summed E-state index contributed by atoms with van der Waals surface area (Å²) in [5.74, 6) is 0. The van der Waals surface area contributed by atoms with E-state index in [0.29, 0.717) is 6.73 Å². The van der Waals surface area contributed by atoms with Gasteiger partial charge in [-0.25, -0.2) is 5.01 Å². The highest BCUT2D eigenvalue weighted by Crippen LogP contribution is 1.90. The van der Waals surface area contributed by atoms with Crippen LogP contribution in [0.2, 0.25) is 0 Å². The van der Waals surface area contributed by atoms with Crippen LogP contribution in [0.15, 0.2) is 5.10 Å². The fourth-order valence-corrected chi connectivity index (χ4v) is 0.410. The zero-order valence-electron chi connectivity index (χ0n) is 3.57. The Morgan fingerprint density at radius 2 is 2.86 bits per heavy atom. The smallest absolute Gasteiger partial charge is 0.195 e. The molecular weight excluding hydrogens is 112 g/mol. The Labute approximate surface area is 46.6 Å². The van der Waals surface area contributed by atoms with Gasteiger partial charge in [-0.15, -0.1) is 5.10 Å². The Morgan fingerprint density at radius 1 is 2.00 bits per heavy atom. The summed E-state index contributed by atoms with van der Waals surface area (Å²) in [6, 6.07) is 0. The minimum Gasteiger partial charge on any atom is -0.459 e. The zero-order chi connectivity index (χ0) is 5.11. The second-order valence-corrected chi connectivity index (χ2v) is 1.27. The lowest BCUT2D eigenvalue weighted by Gasteiger charge is -1.98. The summed E-state index contributed by atoms with van der Waals surface area (Å²) in [6.07, 6.45) is 1.36. The first kappa shape index (κ1) is 4.52. The lowest BCUT2D eigenvalue weighted by molar-refractivity contribution is 0.249. The monoisotopic (exact) mass is 116 g/mol. The van der Waals surface area contributed by atoms with Crippen LogP contribution in [0.5, 0.6) is 0 Å². The Balaban J connectivity index is 2.42. The van der Waals surface area contributed by atoms with E-state index < -0.39 is 0 Å². The fourth-order valence-electron chi connectivity index (χ4n) is 0.295. The molecule has 1 rings (SSSR count). The molecule has 0 aliphatic carbocycles. The molecule has 0 saturated carbocycles. The van der Waals surface area contributed by atoms with Crippen LogP contribution in [-0.4, -0.2) is 23.6 Å². The molecule has 0 saturated heterocycles. The first-order chi connectivity index (χ1) is 3.43. The van der Waals surface area contributed by atoms with E-state index in [0.717, 1.165) is 0 Å². The van der Waals surface area contributed by atoms with Gasteiger partial charge in [0, 0.05) is 0 Å². The lowest BCUT2D eigenvalue weighted by atomic mass is 11.1. The molecule has 0 aromatic carbocycles. The Kier molecular flexibility index (Phi) is 1.21. The summed E-state index contributed by atoms with van der Waals surface area (Å²) >= 11 is 4.52. The average Bonchev–Trinajstić information content (AvgIpc) is 2.14. The number of rotatable bonds is 1.